The van der Waals surface area contributed by atoms with E-state index >= 15 is 0 Å². The Morgan fingerprint density at radius 3 is 1.41 bits per heavy atom. The third-order valence-electron chi connectivity index (χ3n) is 2.43. The zero-order valence-electron chi connectivity index (χ0n) is 9.68. The van der Waals surface area contributed by atoms with Crippen LogP contribution in [0.4, 0.5) is 52.7 Å². The van der Waals surface area contributed by atoms with E-state index in [1.807, 2.05) is 4.74 Å². The van der Waals surface area contributed by atoms with Gasteiger partial charge in [-0.1, -0.05) is 6.58 Å². The van der Waals surface area contributed by atoms with E-state index in [1.165, 1.54) is 0 Å². The number of nitrogens with zero attached hydrogens (tertiary/aromatic N) is 1. The molecule has 0 aromatic rings. The van der Waals surface area contributed by atoms with Crippen molar-refractivity contribution < 1.29 is 57.4 Å². The van der Waals surface area contributed by atoms with Gasteiger partial charge in [-0.3, -0.25) is 0 Å². The number of alkyl halides is 11. The maximum absolute atomic E-state index is 13.2. The number of morpholine rings is 1. The van der Waals surface area contributed by atoms with E-state index in [9.17, 15) is 52.7 Å². The molecule has 0 radical (unpaired) electrons. The molecule has 0 amide bonds. The van der Waals surface area contributed by atoms with Crippen LogP contribution in [0.2, 0.25) is 0 Å². The first kappa shape index (κ1) is 18.9. The first-order chi connectivity index (χ1) is 9.39. The molecule has 1 aliphatic heterocycles. The summed E-state index contributed by atoms with van der Waals surface area (Å²) < 4.78 is 155. The van der Waals surface area contributed by atoms with Crippen molar-refractivity contribution in [3.05, 3.63) is 12.4 Å². The fourth-order valence-corrected chi connectivity index (χ4v) is 1.53. The molecule has 0 bridgehead atoms. The molecule has 0 N–H and O–H groups in total. The molecule has 1 saturated heterocycles. The standard InChI is InChI=1S/C8H3F12NO/c1-2(9)3(4(10,11)12)21-5(13,14)7(17,18)22-8(19,20)6(21,15)16/h3H,1H2. The minimum Gasteiger partial charge on any atom is -0.243 e. The fraction of sp³-hybridized carbons (Fsp3) is 0.750. The largest absolute Gasteiger partial charge is 0.439 e. The molecule has 0 aliphatic carbocycles. The molecular formula is C8H3F12NO. The number of hydrogen-bond acceptors (Lipinski definition) is 2. The van der Waals surface area contributed by atoms with Gasteiger partial charge in [-0.05, 0) is 0 Å². The van der Waals surface area contributed by atoms with Crippen LogP contribution in [0.15, 0.2) is 12.4 Å². The van der Waals surface area contributed by atoms with Gasteiger partial charge < -0.3 is 0 Å². The molecule has 1 fully saturated rings. The molecule has 0 saturated carbocycles. The van der Waals surface area contributed by atoms with Crippen LogP contribution in [0.5, 0.6) is 0 Å². The second-order valence-electron chi connectivity index (χ2n) is 3.98. The monoisotopic (exact) mass is 357 g/mol. The summed E-state index contributed by atoms with van der Waals surface area (Å²) in [4.78, 5) is -2.99. The number of halogens is 12. The van der Waals surface area contributed by atoms with Crippen molar-refractivity contribution in [2.75, 3.05) is 0 Å². The predicted molar refractivity (Wildman–Crippen MR) is 42.8 cm³/mol. The lowest BCUT2D eigenvalue weighted by atomic mass is 10.1. The van der Waals surface area contributed by atoms with Gasteiger partial charge in [0.25, 0.3) is 0 Å². The molecule has 0 aromatic heterocycles. The van der Waals surface area contributed by atoms with Crippen LogP contribution in [0.25, 0.3) is 0 Å². The topological polar surface area (TPSA) is 12.5 Å². The van der Waals surface area contributed by atoms with Crippen LogP contribution in [0.1, 0.15) is 0 Å². The van der Waals surface area contributed by atoms with E-state index in [0.29, 0.717) is 0 Å². The summed E-state index contributed by atoms with van der Waals surface area (Å²) in [6, 6.07) is -18.1. The van der Waals surface area contributed by atoms with Gasteiger partial charge in [-0.15, -0.1) is 4.90 Å². The van der Waals surface area contributed by atoms with Gasteiger partial charge >= 0.3 is 30.5 Å². The molecule has 2 nitrogen and oxygen atoms in total. The third-order valence-corrected chi connectivity index (χ3v) is 2.43. The normalized spacial score (nSPS) is 28.2. The molecule has 1 aliphatic rings. The Bertz CT molecular complexity index is 442. The number of ether oxygens (including phenoxy) is 1. The van der Waals surface area contributed by atoms with Crippen molar-refractivity contribution >= 4 is 0 Å². The molecule has 1 unspecified atom stereocenters. The minimum atomic E-state index is -6.63. The molecule has 22 heavy (non-hydrogen) atoms. The average molecular weight is 357 g/mol. The van der Waals surface area contributed by atoms with Crippen LogP contribution in [-0.2, 0) is 4.74 Å². The molecule has 1 rings (SSSR count). The minimum absolute atomic E-state index is 1.80. The second kappa shape index (κ2) is 4.66. The Labute approximate surface area is 112 Å². The van der Waals surface area contributed by atoms with Crippen LogP contribution < -0.4 is 0 Å². The lowest BCUT2D eigenvalue weighted by Crippen LogP contribution is -2.77. The quantitative estimate of drug-likeness (QED) is 0.545. The van der Waals surface area contributed by atoms with E-state index in [2.05, 4.69) is 0 Å². The summed E-state index contributed by atoms with van der Waals surface area (Å²) in [6.07, 6.45) is -19.3. The zero-order chi connectivity index (χ0) is 17.9. The van der Waals surface area contributed by atoms with E-state index < -0.39 is 47.3 Å². The average Bonchev–Trinajstić information content (AvgIpc) is 2.18. The summed E-state index contributed by atoms with van der Waals surface area (Å²) in [5, 5.41) is 0. The van der Waals surface area contributed by atoms with Gasteiger partial charge in [0.05, 0.1) is 0 Å². The third kappa shape index (κ3) is 2.51. The van der Waals surface area contributed by atoms with Crippen molar-refractivity contribution in [2.24, 2.45) is 0 Å². The van der Waals surface area contributed by atoms with Crippen molar-refractivity contribution in [3.8, 4) is 0 Å². The van der Waals surface area contributed by atoms with Crippen LogP contribution >= 0.6 is 0 Å². The highest BCUT2D eigenvalue weighted by atomic mass is 19.4. The number of rotatable bonds is 2. The summed E-state index contributed by atoms with van der Waals surface area (Å²) in [5.41, 5.74) is 0. The summed E-state index contributed by atoms with van der Waals surface area (Å²) in [5.74, 6) is -3.03. The maximum Gasteiger partial charge on any atom is 0.439 e. The van der Waals surface area contributed by atoms with Gasteiger partial charge in [0, 0.05) is 0 Å². The van der Waals surface area contributed by atoms with E-state index in [1.54, 1.807) is 6.58 Å². The zero-order valence-corrected chi connectivity index (χ0v) is 9.68. The van der Waals surface area contributed by atoms with Crippen LogP contribution in [0, 0.1) is 0 Å². The first-order valence-corrected chi connectivity index (χ1v) is 4.81. The van der Waals surface area contributed by atoms with Crippen molar-refractivity contribution in [1.29, 1.82) is 0 Å². The lowest BCUT2D eigenvalue weighted by Gasteiger charge is -2.49. The molecule has 1 atom stereocenters. The van der Waals surface area contributed by atoms with Gasteiger partial charge in [-0.25, -0.2) is 9.13 Å². The van der Waals surface area contributed by atoms with Gasteiger partial charge in [-0.2, -0.15) is 48.3 Å². The Balaban J connectivity index is 3.65. The first-order valence-electron chi connectivity index (χ1n) is 4.81. The molecule has 1 heterocycles. The Morgan fingerprint density at radius 2 is 1.18 bits per heavy atom. The lowest BCUT2D eigenvalue weighted by molar-refractivity contribution is -0.570. The SMILES string of the molecule is C=C(F)C(N1C(F)(F)C(F)(F)OC(F)(F)C1(F)F)C(F)(F)F. The molecule has 14 heteroatoms. The van der Waals surface area contributed by atoms with E-state index in [0.717, 1.165) is 0 Å². The second-order valence-corrected chi connectivity index (χ2v) is 3.98. The highest BCUT2D eigenvalue weighted by Gasteiger charge is 2.85. The summed E-state index contributed by atoms with van der Waals surface area (Å²) in [7, 11) is 0. The van der Waals surface area contributed by atoms with Gasteiger partial charge in [0.1, 0.15) is 5.83 Å². The molecule has 0 aromatic carbocycles. The molecule has 130 valence electrons. The molecular weight excluding hydrogens is 354 g/mol. The van der Waals surface area contributed by atoms with E-state index in [4.69, 9.17) is 0 Å². The maximum atomic E-state index is 13.2. The summed E-state index contributed by atoms with van der Waals surface area (Å²) >= 11 is 0. The van der Waals surface area contributed by atoms with Crippen LogP contribution in [-0.4, -0.2) is 41.4 Å². The Kier molecular flexibility index (Phi) is 4.00. The Hall–Kier alpha value is -1.18. The highest BCUT2D eigenvalue weighted by Crippen LogP contribution is 2.58. The summed E-state index contributed by atoms with van der Waals surface area (Å²) in [6.45, 7) is 1.80. The fourth-order valence-electron chi connectivity index (χ4n) is 1.53. The smallest absolute Gasteiger partial charge is 0.243 e. The Morgan fingerprint density at radius 1 is 0.864 bits per heavy atom. The van der Waals surface area contributed by atoms with Crippen molar-refractivity contribution in [3.63, 3.8) is 0 Å². The predicted octanol–water partition coefficient (Wildman–Crippen LogP) is 4.10. The highest BCUT2D eigenvalue weighted by molar-refractivity contribution is 5.09. The van der Waals surface area contributed by atoms with Crippen LogP contribution in [0.3, 0.4) is 0 Å². The van der Waals surface area contributed by atoms with Gasteiger partial charge in [0.2, 0.25) is 0 Å². The molecule has 0 spiro atoms. The van der Waals surface area contributed by atoms with E-state index in [-0.39, 0.29) is 0 Å². The van der Waals surface area contributed by atoms with Crippen molar-refractivity contribution in [2.45, 2.75) is 36.5 Å². The number of hydrogen-bond donors (Lipinski definition) is 0. The van der Waals surface area contributed by atoms with Gasteiger partial charge in [0.15, 0.2) is 6.04 Å². The van der Waals surface area contributed by atoms with Crippen molar-refractivity contribution in [1.82, 2.24) is 4.90 Å².